The highest BCUT2D eigenvalue weighted by molar-refractivity contribution is 7.92. The second kappa shape index (κ2) is 6.45. The number of rotatable bonds is 5. The van der Waals surface area contributed by atoms with Crippen molar-refractivity contribution in [2.45, 2.75) is 12.8 Å². The van der Waals surface area contributed by atoms with Gasteiger partial charge < -0.3 is 9.88 Å². The Kier molecular flexibility index (Phi) is 4.11. The number of anilines is 4. The van der Waals surface area contributed by atoms with Gasteiger partial charge in [-0.15, -0.1) is 0 Å². The molecule has 0 saturated carbocycles. The van der Waals surface area contributed by atoms with E-state index in [4.69, 9.17) is 0 Å². The molecule has 1 aliphatic heterocycles. The van der Waals surface area contributed by atoms with Crippen LogP contribution in [0.25, 0.3) is 11.2 Å². The Morgan fingerprint density at radius 1 is 1.23 bits per heavy atom. The molecule has 9 nitrogen and oxygen atoms in total. The van der Waals surface area contributed by atoms with Crippen LogP contribution >= 0.6 is 0 Å². The minimum absolute atomic E-state index is 0.484. The van der Waals surface area contributed by atoms with Crippen molar-refractivity contribution < 1.29 is 13.4 Å². The van der Waals surface area contributed by atoms with Gasteiger partial charge in [-0.3, -0.25) is 10.0 Å². The van der Waals surface area contributed by atoms with Crippen LogP contribution in [0.5, 0.6) is 0 Å². The molecule has 1 aliphatic rings. The first-order chi connectivity index (χ1) is 12.5. The maximum absolute atomic E-state index is 11.4. The second-order valence-electron chi connectivity index (χ2n) is 6.31. The third-order valence-electron chi connectivity index (χ3n) is 4.16. The summed E-state index contributed by atoms with van der Waals surface area (Å²) in [6.07, 6.45) is 5.07. The number of hydrogen-bond acceptors (Lipinski definition) is 6. The van der Waals surface area contributed by atoms with Crippen molar-refractivity contribution in [2.75, 3.05) is 34.3 Å². The summed E-state index contributed by atoms with van der Waals surface area (Å²) in [6.45, 7) is 1.98. The number of hydrogen-bond donors (Lipinski definition) is 3. The van der Waals surface area contributed by atoms with Crippen LogP contribution in [0.4, 0.5) is 23.1 Å². The van der Waals surface area contributed by atoms with Gasteiger partial charge in [0.2, 0.25) is 21.5 Å². The van der Waals surface area contributed by atoms with Gasteiger partial charge in [-0.05, 0) is 31.0 Å². The average Bonchev–Trinajstić information content (AvgIpc) is 3.24. The molecule has 0 bridgehead atoms. The van der Waals surface area contributed by atoms with Crippen molar-refractivity contribution in [1.82, 2.24) is 15.0 Å². The van der Waals surface area contributed by atoms with E-state index in [1.54, 1.807) is 24.5 Å². The Morgan fingerprint density at radius 2 is 2.00 bits per heavy atom. The molecule has 0 amide bonds. The zero-order valence-corrected chi connectivity index (χ0v) is 15.1. The molecule has 0 radical (unpaired) electrons. The average molecular weight is 374 g/mol. The van der Waals surface area contributed by atoms with Crippen LogP contribution in [0.2, 0.25) is 0 Å². The van der Waals surface area contributed by atoms with Crippen LogP contribution in [0.15, 0.2) is 30.6 Å². The highest BCUT2D eigenvalue weighted by atomic mass is 32.2. The Hall–Kier alpha value is -2.88. The van der Waals surface area contributed by atoms with Crippen LogP contribution in [0.1, 0.15) is 12.8 Å². The topological polar surface area (TPSA) is 117 Å². The van der Waals surface area contributed by atoms with Crippen molar-refractivity contribution in [2.24, 2.45) is 0 Å². The van der Waals surface area contributed by atoms with E-state index in [2.05, 4.69) is 34.9 Å². The van der Waals surface area contributed by atoms with Gasteiger partial charge in [-0.1, -0.05) is 11.1 Å². The summed E-state index contributed by atoms with van der Waals surface area (Å²) in [7, 11) is -3.33. The van der Waals surface area contributed by atoms with Crippen molar-refractivity contribution in [3.05, 3.63) is 30.6 Å². The van der Waals surface area contributed by atoms with Crippen molar-refractivity contribution in [3.8, 4) is 0 Å². The van der Waals surface area contributed by atoms with Gasteiger partial charge in [-0.2, -0.15) is 0 Å². The number of aromatic amines is 2. The van der Waals surface area contributed by atoms with E-state index in [1.165, 1.54) is 0 Å². The number of imidazole rings is 1. The molecule has 26 heavy (non-hydrogen) atoms. The molecule has 0 unspecified atom stereocenters. The van der Waals surface area contributed by atoms with Gasteiger partial charge in [0.1, 0.15) is 0 Å². The fraction of sp³-hybridized carbons (Fsp3) is 0.312. The standard InChI is InChI=1S/C16H19N7O2S/c1-26(24,25)22-12-6-4-5-11(9-12)19-16-20-14-13(17-10-18-14)15(21-16)23-7-2-3-8-23/h4-6,9-10,22H,2-3,7-8H2,1H3,(H2,17,18,19,20,21)/p+1. The Bertz CT molecular complexity index is 1040. The summed E-state index contributed by atoms with van der Waals surface area (Å²) in [5.41, 5.74) is 2.70. The van der Waals surface area contributed by atoms with E-state index < -0.39 is 10.0 Å². The van der Waals surface area contributed by atoms with E-state index >= 15 is 0 Å². The quantitative estimate of drug-likeness (QED) is 0.623. The zero-order chi connectivity index (χ0) is 18.1. The van der Waals surface area contributed by atoms with E-state index in [-0.39, 0.29) is 0 Å². The van der Waals surface area contributed by atoms with E-state index in [9.17, 15) is 8.42 Å². The lowest BCUT2D eigenvalue weighted by atomic mass is 10.3. The Labute approximate surface area is 150 Å². The maximum Gasteiger partial charge on any atom is 0.351 e. The predicted octanol–water partition coefficient (Wildman–Crippen LogP) is 1.49. The minimum atomic E-state index is -3.33. The summed E-state index contributed by atoms with van der Waals surface area (Å²) in [4.78, 5) is 17.5. The van der Waals surface area contributed by atoms with Crippen molar-refractivity contribution in [1.29, 1.82) is 0 Å². The largest absolute Gasteiger partial charge is 0.351 e. The summed E-state index contributed by atoms with van der Waals surface area (Å²) in [5.74, 6) is 1.50. The first-order valence-electron chi connectivity index (χ1n) is 8.34. The normalized spacial score (nSPS) is 14.7. The second-order valence-corrected chi connectivity index (χ2v) is 8.06. The van der Waals surface area contributed by atoms with Crippen LogP contribution in [0.3, 0.4) is 0 Å². The molecule has 1 fully saturated rings. The monoisotopic (exact) mass is 374 g/mol. The first kappa shape index (κ1) is 16.6. The number of nitrogens with one attached hydrogen (secondary N) is 4. The smallest absolute Gasteiger partial charge is 0.337 e. The predicted molar refractivity (Wildman–Crippen MR) is 100 cm³/mol. The molecule has 10 heteroatoms. The minimum Gasteiger partial charge on any atom is -0.337 e. The first-order valence-corrected chi connectivity index (χ1v) is 10.2. The Balaban J connectivity index is 1.66. The number of benzene rings is 1. The Morgan fingerprint density at radius 3 is 2.77 bits per heavy atom. The summed E-state index contributed by atoms with van der Waals surface area (Å²) >= 11 is 0. The molecule has 3 aromatic rings. The van der Waals surface area contributed by atoms with Crippen LogP contribution in [-0.2, 0) is 10.0 Å². The van der Waals surface area contributed by atoms with Crippen LogP contribution in [-0.4, -0.2) is 42.7 Å². The van der Waals surface area contributed by atoms with Crippen LogP contribution < -0.4 is 19.9 Å². The molecule has 2 aromatic heterocycles. The fourth-order valence-corrected chi connectivity index (χ4v) is 3.66. The number of fused-ring (bicyclic) bond motifs is 1. The lowest BCUT2D eigenvalue weighted by Gasteiger charge is -2.13. The van der Waals surface area contributed by atoms with E-state index in [1.807, 2.05) is 6.07 Å². The summed E-state index contributed by atoms with van der Waals surface area (Å²) < 4.78 is 25.3. The fourth-order valence-electron chi connectivity index (χ4n) is 3.10. The van der Waals surface area contributed by atoms with Crippen molar-refractivity contribution in [3.63, 3.8) is 0 Å². The molecule has 136 valence electrons. The van der Waals surface area contributed by atoms with Gasteiger partial charge in [0.15, 0.2) is 5.52 Å². The summed E-state index contributed by atoms with van der Waals surface area (Å²) in [6, 6.07) is 7.01. The number of nitrogens with zero attached hydrogens (tertiary/aromatic N) is 3. The third kappa shape index (κ3) is 3.54. The molecule has 1 saturated heterocycles. The SMILES string of the molecule is CS(=O)(=O)Nc1cccc(Nc2nc3nc[nH]c3c(N3CCCC3)[nH+]2)c1. The summed E-state index contributed by atoms with van der Waals surface area (Å²) in [5, 5.41) is 3.19. The van der Waals surface area contributed by atoms with Gasteiger partial charge >= 0.3 is 5.95 Å². The van der Waals surface area contributed by atoms with E-state index in [0.29, 0.717) is 23.0 Å². The number of sulfonamides is 1. The molecular formula is C16H20N7O2S+. The highest BCUT2D eigenvalue weighted by Crippen LogP contribution is 2.24. The molecule has 0 atom stereocenters. The molecule has 3 heterocycles. The molecule has 0 aliphatic carbocycles. The molecule has 1 aromatic carbocycles. The van der Waals surface area contributed by atoms with E-state index in [0.717, 1.165) is 43.5 Å². The van der Waals surface area contributed by atoms with Gasteiger partial charge in [0.05, 0.1) is 37.0 Å². The van der Waals surface area contributed by atoms with Gasteiger partial charge in [-0.25, -0.2) is 18.4 Å². The van der Waals surface area contributed by atoms with Gasteiger partial charge in [0, 0.05) is 0 Å². The molecule has 0 spiro atoms. The molecular weight excluding hydrogens is 354 g/mol. The third-order valence-corrected chi connectivity index (χ3v) is 4.77. The number of H-pyrrole nitrogens is 2. The molecule has 4 rings (SSSR count). The maximum atomic E-state index is 11.4. The lowest BCUT2D eigenvalue weighted by molar-refractivity contribution is -0.348. The number of aromatic nitrogens is 4. The van der Waals surface area contributed by atoms with Gasteiger partial charge in [0.25, 0.3) is 0 Å². The lowest BCUT2D eigenvalue weighted by Crippen LogP contribution is -2.28. The van der Waals surface area contributed by atoms with Crippen LogP contribution in [0, 0.1) is 0 Å². The highest BCUT2D eigenvalue weighted by Gasteiger charge is 2.24. The molecule has 4 N–H and O–H groups in total. The zero-order valence-electron chi connectivity index (χ0n) is 14.3. The van der Waals surface area contributed by atoms with Crippen molar-refractivity contribution >= 4 is 44.3 Å².